The molecule has 2 rings (SSSR count). The van der Waals surface area contributed by atoms with Gasteiger partial charge in [-0.1, -0.05) is 18.2 Å². The molecule has 0 radical (unpaired) electrons. The van der Waals surface area contributed by atoms with Gasteiger partial charge in [-0.25, -0.2) is 4.79 Å². The van der Waals surface area contributed by atoms with E-state index in [4.69, 9.17) is 4.74 Å². The molecule has 1 fully saturated rings. The zero-order chi connectivity index (χ0) is 17.7. The Balaban J connectivity index is 1.96. The van der Waals surface area contributed by atoms with Gasteiger partial charge in [0, 0.05) is 6.42 Å². The smallest absolute Gasteiger partial charge is 0.460 e. The standard InChI is InChI=1S/C14H15N3O7/c18-12-6-7-14(16(20)21,17(22)23)10-15(12)8-9-24-13(19)11-4-2-1-3-5-11/h1-5H,6-10H2. The fraction of sp³-hybridized carbons (Fsp3) is 0.429. The van der Waals surface area contributed by atoms with E-state index in [-0.39, 0.29) is 19.6 Å². The van der Waals surface area contributed by atoms with Crippen molar-refractivity contribution in [1.82, 2.24) is 4.90 Å². The molecule has 0 atom stereocenters. The molecule has 1 aromatic rings. The SMILES string of the molecule is O=C(OCCN1CC([N+](=O)[O-])([N+](=O)[O-])CCC1=O)c1ccccc1. The molecule has 0 N–H and O–H groups in total. The maximum absolute atomic E-state index is 11.8. The minimum atomic E-state index is -2.41. The quantitative estimate of drug-likeness (QED) is 0.323. The molecule has 1 heterocycles. The number of nitrogens with zero attached hydrogens (tertiary/aromatic N) is 3. The lowest BCUT2D eigenvalue weighted by molar-refractivity contribution is -0.797. The lowest BCUT2D eigenvalue weighted by Gasteiger charge is -2.30. The second kappa shape index (κ2) is 7.02. The molecule has 1 aliphatic rings. The van der Waals surface area contributed by atoms with Crippen LogP contribution >= 0.6 is 0 Å². The van der Waals surface area contributed by atoms with Crippen LogP contribution in [0, 0.1) is 20.2 Å². The van der Waals surface area contributed by atoms with E-state index in [2.05, 4.69) is 0 Å². The summed E-state index contributed by atoms with van der Waals surface area (Å²) in [5.74, 6) is -1.04. The van der Waals surface area contributed by atoms with E-state index >= 15 is 0 Å². The molecular formula is C14H15N3O7. The number of carbonyl (C=O) groups excluding carboxylic acids is 2. The second-order valence-electron chi connectivity index (χ2n) is 5.31. The van der Waals surface area contributed by atoms with E-state index < -0.39 is 40.4 Å². The van der Waals surface area contributed by atoms with Gasteiger partial charge in [0.2, 0.25) is 5.91 Å². The van der Waals surface area contributed by atoms with Gasteiger partial charge in [0.15, 0.2) is 6.54 Å². The highest BCUT2D eigenvalue weighted by molar-refractivity contribution is 5.89. The van der Waals surface area contributed by atoms with Gasteiger partial charge in [-0.15, -0.1) is 0 Å². The number of likely N-dealkylation sites (tertiary alicyclic amines) is 1. The molecule has 1 aliphatic heterocycles. The highest BCUT2D eigenvalue weighted by Gasteiger charge is 2.60. The first kappa shape index (κ1) is 17.3. The largest absolute Gasteiger partial charge is 0.475 e. The molecule has 0 spiro atoms. The molecule has 10 heteroatoms. The second-order valence-corrected chi connectivity index (χ2v) is 5.31. The summed E-state index contributed by atoms with van der Waals surface area (Å²) in [6, 6.07) is 8.16. The molecule has 128 valence electrons. The van der Waals surface area contributed by atoms with Crippen LogP contribution in [0.4, 0.5) is 0 Å². The van der Waals surface area contributed by atoms with Crippen molar-refractivity contribution in [2.75, 3.05) is 19.7 Å². The van der Waals surface area contributed by atoms with Crippen molar-refractivity contribution in [2.24, 2.45) is 0 Å². The van der Waals surface area contributed by atoms with E-state index in [0.717, 1.165) is 4.90 Å². The van der Waals surface area contributed by atoms with Gasteiger partial charge in [0.1, 0.15) is 22.9 Å². The van der Waals surface area contributed by atoms with Gasteiger partial charge in [-0.2, -0.15) is 0 Å². The number of amides is 1. The Labute approximate surface area is 136 Å². The Kier molecular flexibility index (Phi) is 5.07. The molecule has 1 saturated heterocycles. The zero-order valence-electron chi connectivity index (χ0n) is 12.6. The summed E-state index contributed by atoms with van der Waals surface area (Å²) in [7, 11) is 0. The van der Waals surface area contributed by atoms with Gasteiger partial charge < -0.3 is 9.64 Å². The third kappa shape index (κ3) is 3.47. The van der Waals surface area contributed by atoms with Crippen LogP contribution in [0.3, 0.4) is 0 Å². The predicted molar refractivity (Wildman–Crippen MR) is 79.3 cm³/mol. The summed E-state index contributed by atoms with van der Waals surface area (Å²) in [5, 5.41) is 22.2. The average molecular weight is 337 g/mol. The summed E-state index contributed by atoms with van der Waals surface area (Å²) in [6.07, 6.45) is -0.749. The van der Waals surface area contributed by atoms with Gasteiger partial charge in [0.25, 0.3) is 0 Å². The van der Waals surface area contributed by atoms with E-state index in [1.807, 2.05) is 0 Å². The van der Waals surface area contributed by atoms with Crippen molar-refractivity contribution in [3.8, 4) is 0 Å². The summed E-state index contributed by atoms with van der Waals surface area (Å²) in [5.41, 5.74) is -2.08. The molecule has 0 bridgehead atoms. The number of nitro groups is 2. The van der Waals surface area contributed by atoms with Crippen LogP contribution in [0.15, 0.2) is 30.3 Å². The number of esters is 1. The van der Waals surface area contributed by atoms with E-state index in [1.54, 1.807) is 30.3 Å². The summed E-state index contributed by atoms with van der Waals surface area (Å²) >= 11 is 0. The van der Waals surface area contributed by atoms with E-state index in [1.165, 1.54) is 0 Å². The first-order valence-corrected chi connectivity index (χ1v) is 7.16. The number of ether oxygens (including phenoxy) is 1. The molecule has 24 heavy (non-hydrogen) atoms. The van der Waals surface area contributed by atoms with Crippen molar-refractivity contribution in [2.45, 2.75) is 18.5 Å². The Morgan fingerprint density at radius 2 is 1.83 bits per heavy atom. The van der Waals surface area contributed by atoms with Crippen LogP contribution in [0.2, 0.25) is 0 Å². The molecule has 10 nitrogen and oxygen atoms in total. The third-order valence-electron chi connectivity index (χ3n) is 3.82. The van der Waals surface area contributed by atoms with Crippen LogP contribution in [-0.4, -0.2) is 52.0 Å². The fourth-order valence-corrected chi connectivity index (χ4v) is 2.41. The predicted octanol–water partition coefficient (Wildman–Crippen LogP) is 0.716. The zero-order valence-corrected chi connectivity index (χ0v) is 12.6. The molecule has 0 aliphatic carbocycles. The molecule has 0 aromatic heterocycles. The maximum Gasteiger partial charge on any atom is 0.475 e. The minimum absolute atomic E-state index is 0.138. The summed E-state index contributed by atoms with van der Waals surface area (Å²) < 4.78 is 5.00. The van der Waals surface area contributed by atoms with Crippen molar-refractivity contribution in [3.05, 3.63) is 56.1 Å². The van der Waals surface area contributed by atoms with Crippen LogP contribution in [0.1, 0.15) is 23.2 Å². The number of benzene rings is 1. The van der Waals surface area contributed by atoms with Crippen LogP contribution < -0.4 is 0 Å². The first-order chi connectivity index (χ1) is 11.4. The van der Waals surface area contributed by atoms with E-state index in [9.17, 15) is 29.8 Å². The van der Waals surface area contributed by atoms with Gasteiger partial charge in [-0.05, 0) is 12.1 Å². The molecule has 1 aromatic carbocycles. The molecule has 1 amide bonds. The highest BCUT2D eigenvalue weighted by Crippen LogP contribution is 2.25. The first-order valence-electron chi connectivity index (χ1n) is 7.16. The Hall–Kier alpha value is -3.04. The summed E-state index contributed by atoms with van der Waals surface area (Å²) in [6.45, 7) is -0.986. The van der Waals surface area contributed by atoms with Crippen molar-refractivity contribution < 1.29 is 24.2 Å². The molecule has 0 unspecified atom stereocenters. The Bertz CT molecular complexity index is 648. The van der Waals surface area contributed by atoms with E-state index in [0.29, 0.717) is 5.56 Å². The topological polar surface area (TPSA) is 133 Å². The van der Waals surface area contributed by atoms with Gasteiger partial charge in [0.05, 0.1) is 12.1 Å². The van der Waals surface area contributed by atoms with Crippen molar-refractivity contribution in [1.29, 1.82) is 0 Å². The number of hydrogen-bond donors (Lipinski definition) is 0. The lowest BCUT2D eigenvalue weighted by atomic mass is 9.99. The Morgan fingerprint density at radius 3 is 2.42 bits per heavy atom. The highest BCUT2D eigenvalue weighted by atomic mass is 16.7. The molecular weight excluding hydrogens is 322 g/mol. The van der Waals surface area contributed by atoms with Crippen molar-refractivity contribution >= 4 is 11.9 Å². The lowest BCUT2D eigenvalue weighted by Crippen LogP contribution is -2.60. The Morgan fingerprint density at radius 1 is 1.21 bits per heavy atom. The third-order valence-corrected chi connectivity index (χ3v) is 3.82. The number of hydrogen-bond acceptors (Lipinski definition) is 7. The summed E-state index contributed by atoms with van der Waals surface area (Å²) in [4.78, 5) is 44.8. The minimum Gasteiger partial charge on any atom is -0.460 e. The number of piperidine rings is 1. The fourth-order valence-electron chi connectivity index (χ4n) is 2.41. The van der Waals surface area contributed by atoms with Crippen LogP contribution in [0.25, 0.3) is 0 Å². The van der Waals surface area contributed by atoms with Crippen molar-refractivity contribution in [3.63, 3.8) is 0 Å². The molecule has 0 saturated carbocycles. The number of rotatable bonds is 6. The number of carbonyl (C=O) groups is 2. The van der Waals surface area contributed by atoms with Crippen LogP contribution in [0.5, 0.6) is 0 Å². The average Bonchev–Trinajstić information content (AvgIpc) is 2.56. The maximum atomic E-state index is 11.8. The monoisotopic (exact) mass is 337 g/mol. The van der Waals surface area contributed by atoms with Gasteiger partial charge in [-0.3, -0.25) is 25.0 Å². The van der Waals surface area contributed by atoms with Gasteiger partial charge >= 0.3 is 11.6 Å². The van der Waals surface area contributed by atoms with Crippen LogP contribution in [-0.2, 0) is 9.53 Å². The normalized spacial score (nSPS) is 16.5.